The molecule has 0 spiro atoms. The largest absolute Gasteiger partial charge is 0.497 e. The van der Waals surface area contributed by atoms with Crippen molar-refractivity contribution in [3.63, 3.8) is 0 Å². The van der Waals surface area contributed by atoms with Crippen molar-refractivity contribution >= 4 is 29.9 Å². The SMILES string of the molecule is CN=C(NCc1ccn(-c2ccc(OC)cc2)n1)N(C)CCOCC1CC1.I. The minimum absolute atomic E-state index is 0. The Hall–Kier alpha value is -1.81. The number of hydrogen-bond acceptors (Lipinski definition) is 4. The number of rotatable bonds is 9. The van der Waals surface area contributed by atoms with Gasteiger partial charge in [0, 0.05) is 33.4 Å². The quantitative estimate of drug-likeness (QED) is 0.249. The molecular formula is C20H30IN5O2. The van der Waals surface area contributed by atoms with Crippen LogP contribution in [0.5, 0.6) is 5.75 Å². The Labute approximate surface area is 184 Å². The molecule has 0 radical (unpaired) electrons. The number of methoxy groups -OCH3 is 1. The van der Waals surface area contributed by atoms with E-state index in [2.05, 4.69) is 20.3 Å². The summed E-state index contributed by atoms with van der Waals surface area (Å²) in [6.45, 7) is 3.04. The van der Waals surface area contributed by atoms with Crippen LogP contribution in [0.15, 0.2) is 41.5 Å². The van der Waals surface area contributed by atoms with E-state index in [1.54, 1.807) is 14.2 Å². The monoisotopic (exact) mass is 499 g/mol. The Morgan fingerprint density at radius 3 is 2.68 bits per heavy atom. The lowest BCUT2D eigenvalue weighted by Gasteiger charge is -2.21. The number of hydrogen-bond donors (Lipinski definition) is 1. The topological polar surface area (TPSA) is 63.9 Å². The summed E-state index contributed by atoms with van der Waals surface area (Å²) in [4.78, 5) is 6.42. The van der Waals surface area contributed by atoms with Crippen molar-refractivity contribution in [1.82, 2.24) is 20.0 Å². The van der Waals surface area contributed by atoms with Crippen LogP contribution >= 0.6 is 24.0 Å². The first-order chi connectivity index (χ1) is 13.2. The molecule has 7 nitrogen and oxygen atoms in total. The lowest BCUT2D eigenvalue weighted by molar-refractivity contribution is 0.115. The van der Waals surface area contributed by atoms with Gasteiger partial charge in [-0.1, -0.05) is 0 Å². The molecule has 1 aromatic carbocycles. The molecule has 0 amide bonds. The van der Waals surface area contributed by atoms with E-state index in [4.69, 9.17) is 9.47 Å². The molecule has 1 fully saturated rings. The number of likely N-dealkylation sites (N-methyl/N-ethyl adjacent to an activating group) is 1. The molecule has 8 heteroatoms. The van der Waals surface area contributed by atoms with Crippen LogP contribution in [0.25, 0.3) is 5.69 Å². The normalized spacial score (nSPS) is 13.8. The summed E-state index contributed by atoms with van der Waals surface area (Å²) in [5, 5.41) is 7.97. The molecule has 1 saturated carbocycles. The zero-order chi connectivity index (χ0) is 19.1. The van der Waals surface area contributed by atoms with Crippen LogP contribution in [0.4, 0.5) is 0 Å². The standard InChI is InChI=1S/C20H29N5O2.HI/c1-21-20(24(2)12-13-27-15-16-4-5-16)22-14-17-10-11-25(23-17)18-6-8-19(26-3)9-7-18;/h6-11,16H,4-5,12-15H2,1-3H3,(H,21,22);1H. The van der Waals surface area contributed by atoms with E-state index in [0.29, 0.717) is 6.54 Å². The second kappa shape index (κ2) is 11.3. The van der Waals surface area contributed by atoms with Gasteiger partial charge in [-0.05, 0) is 49.1 Å². The zero-order valence-corrected chi connectivity index (χ0v) is 19.1. The van der Waals surface area contributed by atoms with Gasteiger partial charge in [-0.15, -0.1) is 24.0 Å². The molecule has 1 aromatic heterocycles. The number of guanidine groups is 1. The number of benzene rings is 1. The molecule has 1 aliphatic rings. The fourth-order valence-electron chi connectivity index (χ4n) is 2.73. The first-order valence-electron chi connectivity index (χ1n) is 9.38. The average Bonchev–Trinajstić information content (AvgIpc) is 3.41. The lowest BCUT2D eigenvalue weighted by Crippen LogP contribution is -2.40. The van der Waals surface area contributed by atoms with E-state index in [-0.39, 0.29) is 24.0 Å². The Morgan fingerprint density at radius 2 is 2.04 bits per heavy atom. The Balaban J connectivity index is 0.00000280. The third-order valence-electron chi connectivity index (χ3n) is 4.60. The zero-order valence-electron chi connectivity index (χ0n) is 16.8. The van der Waals surface area contributed by atoms with Crippen molar-refractivity contribution in [3.05, 3.63) is 42.2 Å². The van der Waals surface area contributed by atoms with Crippen molar-refractivity contribution in [1.29, 1.82) is 0 Å². The fourth-order valence-corrected chi connectivity index (χ4v) is 2.73. The number of nitrogens with one attached hydrogen (secondary N) is 1. The maximum Gasteiger partial charge on any atom is 0.193 e. The lowest BCUT2D eigenvalue weighted by atomic mass is 10.3. The van der Waals surface area contributed by atoms with Gasteiger partial charge in [-0.2, -0.15) is 5.10 Å². The highest BCUT2D eigenvalue weighted by Gasteiger charge is 2.21. The van der Waals surface area contributed by atoms with Crippen LogP contribution in [-0.2, 0) is 11.3 Å². The highest BCUT2D eigenvalue weighted by Crippen LogP contribution is 2.28. The van der Waals surface area contributed by atoms with Crippen LogP contribution in [0.1, 0.15) is 18.5 Å². The van der Waals surface area contributed by atoms with Gasteiger partial charge < -0.3 is 19.7 Å². The second-order valence-electron chi connectivity index (χ2n) is 6.79. The molecule has 1 heterocycles. The molecule has 1 N–H and O–H groups in total. The van der Waals surface area contributed by atoms with Gasteiger partial charge in [0.1, 0.15) is 5.75 Å². The van der Waals surface area contributed by atoms with E-state index in [1.165, 1.54) is 12.8 Å². The van der Waals surface area contributed by atoms with E-state index in [9.17, 15) is 0 Å². The highest BCUT2D eigenvalue weighted by atomic mass is 127. The van der Waals surface area contributed by atoms with Crippen LogP contribution < -0.4 is 10.1 Å². The van der Waals surface area contributed by atoms with Crippen molar-refractivity contribution < 1.29 is 9.47 Å². The van der Waals surface area contributed by atoms with Crippen molar-refractivity contribution in [2.75, 3.05) is 41.0 Å². The molecule has 0 unspecified atom stereocenters. The summed E-state index contributed by atoms with van der Waals surface area (Å²) in [6.07, 6.45) is 4.60. The Kier molecular flexibility index (Phi) is 9.04. The van der Waals surface area contributed by atoms with Crippen LogP contribution in [-0.4, -0.2) is 61.6 Å². The number of aliphatic imine (C=N–C) groups is 1. The van der Waals surface area contributed by atoms with E-state index in [1.807, 2.05) is 48.3 Å². The molecule has 154 valence electrons. The smallest absolute Gasteiger partial charge is 0.193 e. The molecule has 0 bridgehead atoms. The summed E-state index contributed by atoms with van der Waals surface area (Å²) in [6, 6.07) is 9.83. The number of halogens is 1. The van der Waals surface area contributed by atoms with Crippen LogP contribution in [0, 0.1) is 5.92 Å². The predicted octanol–water partition coefficient (Wildman–Crippen LogP) is 2.93. The van der Waals surface area contributed by atoms with Gasteiger partial charge >= 0.3 is 0 Å². The number of aromatic nitrogens is 2. The maximum absolute atomic E-state index is 5.71. The van der Waals surface area contributed by atoms with Crippen molar-refractivity contribution in [2.45, 2.75) is 19.4 Å². The van der Waals surface area contributed by atoms with E-state index >= 15 is 0 Å². The molecule has 1 aliphatic carbocycles. The minimum atomic E-state index is 0. The van der Waals surface area contributed by atoms with Crippen molar-refractivity contribution in [2.24, 2.45) is 10.9 Å². The molecule has 0 aliphatic heterocycles. The highest BCUT2D eigenvalue weighted by molar-refractivity contribution is 14.0. The summed E-state index contributed by atoms with van der Waals surface area (Å²) in [5.74, 6) is 2.47. The molecule has 0 saturated heterocycles. The Bertz CT molecular complexity index is 743. The fraction of sp³-hybridized carbons (Fsp3) is 0.500. The molecule has 28 heavy (non-hydrogen) atoms. The van der Waals surface area contributed by atoms with Gasteiger partial charge in [-0.25, -0.2) is 4.68 Å². The van der Waals surface area contributed by atoms with Gasteiger partial charge in [-0.3, -0.25) is 4.99 Å². The first-order valence-corrected chi connectivity index (χ1v) is 9.38. The van der Waals surface area contributed by atoms with Gasteiger partial charge in [0.05, 0.1) is 31.6 Å². The van der Waals surface area contributed by atoms with E-state index in [0.717, 1.165) is 48.8 Å². The average molecular weight is 499 g/mol. The van der Waals surface area contributed by atoms with Crippen LogP contribution in [0.2, 0.25) is 0 Å². The predicted molar refractivity (Wildman–Crippen MR) is 122 cm³/mol. The number of ether oxygens (including phenoxy) is 2. The summed E-state index contributed by atoms with van der Waals surface area (Å²) >= 11 is 0. The molecule has 2 aromatic rings. The third kappa shape index (κ3) is 6.66. The summed E-state index contributed by atoms with van der Waals surface area (Å²) in [7, 11) is 5.47. The Morgan fingerprint density at radius 1 is 1.29 bits per heavy atom. The van der Waals surface area contributed by atoms with Crippen LogP contribution in [0.3, 0.4) is 0 Å². The minimum Gasteiger partial charge on any atom is -0.497 e. The first kappa shape index (κ1) is 22.5. The van der Waals surface area contributed by atoms with Gasteiger partial charge in [0.2, 0.25) is 0 Å². The van der Waals surface area contributed by atoms with Crippen molar-refractivity contribution in [3.8, 4) is 11.4 Å². The van der Waals surface area contributed by atoms with Gasteiger partial charge in [0.15, 0.2) is 5.96 Å². The molecular weight excluding hydrogens is 469 g/mol. The second-order valence-corrected chi connectivity index (χ2v) is 6.79. The maximum atomic E-state index is 5.71. The number of nitrogens with zero attached hydrogens (tertiary/aromatic N) is 4. The van der Waals surface area contributed by atoms with Gasteiger partial charge in [0.25, 0.3) is 0 Å². The van der Waals surface area contributed by atoms with E-state index < -0.39 is 0 Å². The summed E-state index contributed by atoms with van der Waals surface area (Å²) < 4.78 is 12.8. The summed E-state index contributed by atoms with van der Waals surface area (Å²) in [5.41, 5.74) is 1.95. The third-order valence-corrected chi connectivity index (χ3v) is 4.60. The molecule has 3 rings (SSSR count). The molecule has 0 atom stereocenters.